The van der Waals surface area contributed by atoms with E-state index >= 15 is 0 Å². The molecule has 0 fully saturated rings. The van der Waals surface area contributed by atoms with Crippen molar-refractivity contribution in [2.45, 2.75) is 19.4 Å². The highest BCUT2D eigenvalue weighted by Crippen LogP contribution is 2.12. The Morgan fingerprint density at radius 2 is 1.94 bits per heavy atom. The first-order valence-electron chi connectivity index (χ1n) is 6.31. The number of aliphatic hydroxyl groups excluding tert-OH is 1. The van der Waals surface area contributed by atoms with Crippen molar-refractivity contribution in [1.82, 2.24) is 5.32 Å². The van der Waals surface area contributed by atoms with E-state index in [2.05, 4.69) is 24.4 Å². The number of methoxy groups -OCH3 is 1. The number of nitrogens with one attached hydrogen (secondary N) is 1. The highest BCUT2D eigenvalue weighted by molar-refractivity contribution is 5.27. The van der Waals surface area contributed by atoms with Crippen LogP contribution >= 0.6 is 0 Å². The maximum absolute atomic E-state index is 8.56. The van der Waals surface area contributed by atoms with Gasteiger partial charge in [-0.1, -0.05) is 12.1 Å². The summed E-state index contributed by atoms with van der Waals surface area (Å²) in [7, 11) is 1.67. The predicted octanol–water partition coefficient (Wildman–Crippen LogP) is 1.22. The van der Waals surface area contributed by atoms with Gasteiger partial charge in [-0.05, 0) is 31.0 Å². The Morgan fingerprint density at radius 3 is 2.56 bits per heavy atom. The Labute approximate surface area is 109 Å². The molecule has 0 heterocycles. The van der Waals surface area contributed by atoms with Gasteiger partial charge in [0.2, 0.25) is 0 Å². The topological polar surface area (TPSA) is 50.7 Å². The summed E-state index contributed by atoms with van der Waals surface area (Å²) in [5.74, 6) is 0.886. The third-order valence-corrected chi connectivity index (χ3v) is 2.68. The van der Waals surface area contributed by atoms with Crippen molar-refractivity contribution in [3.63, 3.8) is 0 Å². The number of ether oxygens (including phenoxy) is 2. The molecule has 102 valence electrons. The van der Waals surface area contributed by atoms with E-state index in [4.69, 9.17) is 14.6 Å². The van der Waals surface area contributed by atoms with E-state index in [-0.39, 0.29) is 6.61 Å². The lowest BCUT2D eigenvalue weighted by molar-refractivity contribution is 0.0928. The second-order valence-electron chi connectivity index (χ2n) is 4.24. The van der Waals surface area contributed by atoms with Crippen molar-refractivity contribution in [2.24, 2.45) is 0 Å². The van der Waals surface area contributed by atoms with Crippen LogP contribution in [0.25, 0.3) is 0 Å². The number of hydrogen-bond donors (Lipinski definition) is 2. The summed E-state index contributed by atoms with van der Waals surface area (Å²) in [5.41, 5.74) is 1.28. The number of aliphatic hydroxyl groups is 1. The molecule has 0 aromatic heterocycles. The summed E-state index contributed by atoms with van der Waals surface area (Å²) in [6, 6.07) is 8.52. The minimum Gasteiger partial charge on any atom is -0.497 e. The molecule has 18 heavy (non-hydrogen) atoms. The van der Waals surface area contributed by atoms with E-state index in [1.54, 1.807) is 7.11 Å². The van der Waals surface area contributed by atoms with Crippen LogP contribution in [0.15, 0.2) is 24.3 Å². The molecule has 1 rings (SSSR count). The Hall–Kier alpha value is -1.10. The van der Waals surface area contributed by atoms with E-state index in [0.717, 1.165) is 18.7 Å². The molecule has 0 amide bonds. The van der Waals surface area contributed by atoms with Gasteiger partial charge in [-0.15, -0.1) is 0 Å². The van der Waals surface area contributed by atoms with Crippen molar-refractivity contribution >= 4 is 0 Å². The smallest absolute Gasteiger partial charge is 0.118 e. The molecule has 0 aliphatic rings. The van der Waals surface area contributed by atoms with Gasteiger partial charge in [-0.25, -0.2) is 0 Å². The molecule has 0 spiro atoms. The largest absolute Gasteiger partial charge is 0.497 e. The molecule has 1 aromatic carbocycles. The molecular formula is C14H23NO3. The maximum atomic E-state index is 8.56. The second-order valence-corrected chi connectivity index (χ2v) is 4.24. The van der Waals surface area contributed by atoms with Crippen LogP contribution in [0.3, 0.4) is 0 Å². The molecule has 1 aromatic rings. The van der Waals surface area contributed by atoms with E-state index in [0.29, 0.717) is 19.3 Å². The molecule has 0 saturated carbocycles. The van der Waals surface area contributed by atoms with E-state index in [9.17, 15) is 0 Å². The Kier molecular flexibility index (Phi) is 7.41. The summed E-state index contributed by atoms with van der Waals surface area (Å²) < 4.78 is 10.3. The fourth-order valence-electron chi connectivity index (χ4n) is 1.73. The van der Waals surface area contributed by atoms with Gasteiger partial charge in [0.05, 0.1) is 26.9 Å². The van der Waals surface area contributed by atoms with Crippen molar-refractivity contribution < 1.29 is 14.6 Å². The van der Waals surface area contributed by atoms with Crippen LogP contribution in [0.4, 0.5) is 0 Å². The zero-order valence-corrected chi connectivity index (χ0v) is 11.2. The highest BCUT2D eigenvalue weighted by atomic mass is 16.5. The number of hydrogen-bond acceptors (Lipinski definition) is 4. The molecular weight excluding hydrogens is 230 g/mol. The first-order valence-corrected chi connectivity index (χ1v) is 6.31. The maximum Gasteiger partial charge on any atom is 0.118 e. The molecule has 0 aliphatic carbocycles. The number of benzene rings is 1. The van der Waals surface area contributed by atoms with Gasteiger partial charge in [-0.3, -0.25) is 0 Å². The van der Waals surface area contributed by atoms with Crippen molar-refractivity contribution in [1.29, 1.82) is 0 Å². The minimum atomic E-state index is 0.0847. The SMILES string of the molecule is COc1ccc(CC(C)NCCOCCO)cc1. The molecule has 0 bridgehead atoms. The van der Waals surface area contributed by atoms with Gasteiger partial charge in [0.15, 0.2) is 0 Å². The first kappa shape index (κ1) is 15.0. The lowest BCUT2D eigenvalue weighted by Gasteiger charge is -2.14. The molecule has 0 radical (unpaired) electrons. The fourth-order valence-corrected chi connectivity index (χ4v) is 1.73. The van der Waals surface area contributed by atoms with Crippen LogP contribution in [-0.2, 0) is 11.2 Å². The molecule has 2 N–H and O–H groups in total. The molecule has 0 aliphatic heterocycles. The highest BCUT2D eigenvalue weighted by Gasteiger charge is 2.02. The van der Waals surface area contributed by atoms with Gasteiger partial charge < -0.3 is 19.9 Å². The van der Waals surface area contributed by atoms with Gasteiger partial charge >= 0.3 is 0 Å². The summed E-state index contributed by atoms with van der Waals surface area (Å²) in [5, 5.41) is 11.9. The van der Waals surface area contributed by atoms with Gasteiger partial charge in [0.25, 0.3) is 0 Å². The lowest BCUT2D eigenvalue weighted by atomic mass is 10.1. The Morgan fingerprint density at radius 1 is 1.22 bits per heavy atom. The average Bonchev–Trinajstić information content (AvgIpc) is 2.39. The van der Waals surface area contributed by atoms with Crippen LogP contribution in [0.5, 0.6) is 5.75 Å². The Bertz CT molecular complexity index is 313. The van der Waals surface area contributed by atoms with Crippen LogP contribution in [0, 0.1) is 0 Å². The molecule has 1 unspecified atom stereocenters. The van der Waals surface area contributed by atoms with Crippen LogP contribution in [0.2, 0.25) is 0 Å². The van der Waals surface area contributed by atoms with Crippen LogP contribution in [-0.4, -0.2) is 44.6 Å². The standard InChI is InChI=1S/C14H23NO3/c1-12(15-7-9-18-10-8-16)11-13-3-5-14(17-2)6-4-13/h3-6,12,15-16H,7-11H2,1-2H3. The van der Waals surface area contributed by atoms with Crippen molar-refractivity contribution in [2.75, 3.05) is 33.5 Å². The van der Waals surface area contributed by atoms with Crippen LogP contribution in [0.1, 0.15) is 12.5 Å². The second kappa shape index (κ2) is 8.91. The zero-order chi connectivity index (χ0) is 13.2. The van der Waals surface area contributed by atoms with Gasteiger partial charge in [0, 0.05) is 12.6 Å². The van der Waals surface area contributed by atoms with Crippen molar-refractivity contribution in [3.05, 3.63) is 29.8 Å². The minimum absolute atomic E-state index is 0.0847. The van der Waals surface area contributed by atoms with Crippen molar-refractivity contribution in [3.8, 4) is 5.75 Å². The fraction of sp³-hybridized carbons (Fsp3) is 0.571. The Balaban J connectivity index is 2.20. The summed E-state index contributed by atoms with van der Waals surface area (Å²) in [4.78, 5) is 0. The predicted molar refractivity (Wildman–Crippen MR) is 72.1 cm³/mol. The van der Waals surface area contributed by atoms with Gasteiger partial charge in [0.1, 0.15) is 5.75 Å². The molecule has 0 saturated heterocycles. The third-order valence-electron chi connectivity index (χ3n) is 2.68. The summed E-state index contributed by atoms with van der Waals surface area (Å²) >= 11 is 0. The normalized spacial score (nSPS) is 12.4. The quantitative estimate of drug-likeness (QED) is 0.650. The molecule has 4 nitrogen and oxygen atoms in total. The third kappa shape index (κ3) is 6.00. The van der Waals surface area contributed by atoms with E-state index < -0.39 is 0 Å². The van der Waals surface area contributed by atoms with Gasteiger partial charge in [-0.2, -0.15) is 0 Å². The monoisotopic (exact) mass is 253 g/mol. The zero-order valence-electron chi connectivity index (χ0n) is 11.2. The summed E-state index contributed by atoms with van der Waals surface area (Å²) in [6.07, 6.45) is 0.976. The lowest BCUT2D eigenvalue weighted by Crippen LogP contribution is -2.31. The molecule has 4 heteroatoms. The average molecular weight is 253 g/mol. The van der Waals surface area contributed by atoms with E-state index in [1.165, 1.54) is 5.56 Å². The molecule has 1 atom stereocenters. The first-order chi connectivity index (χ1) is 8.76. The van der Waals surface area contributed by atoms with E-state index in [1.807, 2.05) is 12.1 Å². The number of rotatable bonds is 9. The van der Waals surface area contributed by atoms with Crippen LogP contribution < -0.4 is 10.1 Å². The summed E-state index contributed by atoms with van der Waals surface area (Å²) in [6.45, 7) is 4.08.